The van der Waals surface area contributed by atoms with Crippen LogP contribution in [0.4, 0.5) is 14.5 Å². The standard InChI is InChI=1S/C23H28F2N8O3S2/c1-13-11-31(8-9-32(13)21(34)22(2)4-5-22)15-10-14(38(35,36)30-23(3)6-7-23)12-33-17(15)26-27-18(33)20-29-28-19(37-20)16(24)25/h10,12-13,16,30H,4-9,11H2,1-3H3/t13-/m1/s1. The lowest BCUT2D eigenvalue weighted by Gasteiger charge is -2.42. The summed E-state index contributed by atoms with van der Waals surface area (Å²) in [4.78, 5) is 16.9. The number of pyridine rings is 1. The molecule has 0 radical (unpaired) electrons. The highest BCUT2D eigenvalue weighted by Gasteiger charge is 2.48. The molecule has 3 aromatic heterocycles. The van der Waals surface area contributed by atoms with Crippen LogP contribution in [0.5, 0.6) is 0 Å². The minimum Gasteiger partial charge on any atom is -0.365 e. The van der Waals surface area contributed by atoms with Crippen LogP contribution in [0.3, 0.4) is 0 Å². The van der Waals surface area contributed by atoms with Gasteiger partial charge in [-0.1, -0.05) is 18.3 Å². The van der Waals surface area contributed by atoms with E-state index >= 15 is 0 Å². The number of piperazine rings is 1. The van der Waals surface area contributed by atoms with E-state index in [-0.39, 0.29) is 33.1 Å². The molecule has 0 unspecified atom stereocenters. The van der Waals surface area contributed by atoms with Gasteiger partial charge in [0.25, 0.3) is 6.43 Å². The van der Waals surface area contributed by atoms with Crippen LogP contribution < -0.4 is 9.62 Å². The van der Waals surface area contributed by atoms with E-state index in [9.17, 15) is 22.0 Å². The Bertz CT molecular complexity index is 1530. The zero-order valence-electron chi connectivity index (χ0n) is 21.2. The van der Waals surface area contributed by atoms with Crippen LogP contribution in [0.2, 0.25) is 0 Å². The smallest absolute Gasteiger partial charge is 0.291 e. The second-order valence-electron chi connectivity index (χ2n) is 11.0. The molecule has 204 valence electrons. The Labute approximate surface area is 222 Å². The second kappa shape index (κ2) is 8.61. The third-order valence-electron chi connectivity index (χ3n) is 7.72. The van der Waals surface area contributed by atoms with E-state index in [1.807, 2.05) is 30.6 Å². The van der Waals surface area contributed by atoms with Crippen molar-refractivity contribution in [2.45, 2.75) is 69.4 Å². The van der Waals surface area contributed by atoms with Gasteiger partial charge in [-0.3, -0.25) is 9.20 Å². The van der Waals surface area contributed by atoms with Crippen molar-refractivity contribution >= 4 is 38.6 Å². The molecule has 3 aliphatic rings. The van der Waals surface area contributed by atoms with Gasteiger partial charge in [0.15, 0.2) is 21.5 Å². The molecule has 6 rings (SSSR count). The molecule has 38 heavy (non-hydrogen) atoms. The number of halogens is 2. The van der Waals surface area contributed by atoms with Gasteiger partial charge in [-0.2, -0.15) is 0 Å². The highest BCUT2D eigenvalue weighted by molar-refractivity contribution is 7.89. The quantitative estimate of drug-likeness (QED) is 0.463. The molecule has 0 spiro atoms. The Morgan fingerprint density at radius 1 is 1.13 bits per heavy atom. The molecule has 1 N–H and O–H groups in total. The summed E-state index contributed by atoms with van der Waals surface area (Å²) in [5, 5.41) is 15.5. The maximum Gasteiger partial charge on any atom is 0.291 e. The van der Waals surface area contributed by atoms with Gasteiger partial charge in [-0.25, -0.2) is 21.9 Å². The van der Waals surface area contributed by atoms with Crippen LogP contribution in [-0.2, 0) is 14.8 Å². The van der Waals surface area contributed by atoms with Crippen molar-refractivity contribution < 1.29 is 22.0 Å². The Morgan fingerprint density at radius 2 is 1.87 bits per heavy atom. The number of carbonyl (C=O) groups is 1. The van der Waals surface area contributed by atoms with Crippen molar-refractivity contribution in [1.82, 2.24) is 34.4 Å². The highest BCUT2D eigenvalue weighted by Crippen LogP contribution is 2.47. The zero-order chi connectivity index (χ0) is 27.0. The summed E-state index contributed by atoms with van der Waals surface area (Å²) >= 11 is 0.682. The number of nitrogens with one attached hydrogen (secondary N) is 1. The lowest BCUT2D eigenvalue weighted by molar-refractivity contribution is -0.138. The van der Waals surface area contributed by atoms with Crippen molar-refractivity contribution in [3.05, 3.63) is 17.3 Å². The molecular weight excluding hydrogens is 538 g/mol. The molecule has 1 saturated heterocycles. The van der Waals surface area contributed by atoms with Gasteiger partial charge in [0.2, 0.25) is 15.9 Å². The van der Waals surface area contributed by atoms with E-state index in [0.717, 1.165) is 25.7 Å². The van der Waals surface area contributed by atoms with Crippen LogP contribution in [0, 0.1) is 5.41 Å². The van der Waals surface area contributed by atoms with Gasteiger partial charge < -0.3 is 9.80 Å². The summed E-state index contributed by atoms with van der Waals surface area (Å²) in [5.74, 6) is 0.285. The Morgan fingerprint density at radius 3 is 2.47 bits per heavy atom. The molecule has 11 nitrogen and oxygen atoms in total. The molecule has 2 aliphatic carbocycles. The zero-order valence-corrected chi connectivity index (χ0v) is 22.8. The van der Waals surface area contributed by atoms with Crippen LogP contribution in [-0.4, -0.2) is 75.2 Å². The molecule has 2 saturated carbocycles. The number of sulfonamides is 1. The summed E-state index contributed by atoms with van der Waals surface area (Å²) in [7, 11) is -3.91. The first-order valence-electron chi connectivity index (χ1n) is 12.5. The number of aromatic nitrogens is 5. The fraction of sp³-hybridized carbons (Fsp3) is 0.609. The molecule has 15 heteroatoms. The average molecular weight is 567 g/mol. The third kappa shape index (κ3) is 4.43. The Kier molecular flexibility index (Phi) is 5.78. The third-order valence-corrected chi connectivity index (χ3v) is 10.2. The van der Waals surface area contributed by atoms with Crippen molar-refractivity contribution in [3.8, 4) is 10.8 Å². The van der Waals surface area contributed by atoms with Crippen molar-refractivity contribution in [3.63, 3.8) is 0 Å². The van der Waals surface area contributed by atoms with Crippen LogP contribution in [0.15, 0.2) is 17.2 Å². The van der Waals surface area contributed by atoms with E-state index in [4.69, 9.17) is 0 Å². The molecular formula is C23H28F2N8O3S2. The fourth-order valence-electron chi connectivity index (χ4n) is 4.79. The molecule has 4 heterocycles. The first kappa shape index (κ1) is 25.5. The predicted octanol–water partition coefficient (Wildman–Crippen LogP) is 2.85. The van der Waals surface area contributed by atoms with Gasteiger partial charge in [0.05, 0.1) is 5.69 Å². The molecule has 3 aromatic rings. The predicted molar refractivity (Wildman–Crippen MR) is 136 cm³/mol. The summed E-state index contributed by atoms with van der Waals surface area (Å²) in [6.07, 6.45) is 1.88. The summed E-state index contributed by atoms with van der Waals surface area (Å²) in [6, 6.07) is 1.47. The van der Waals surface area contributed by atoms with Crippen molar-refractivity contribution in [1.29, 1.82) is 0 Å². The maximum atomic E-state index is 13.4. The maximum absolute atomic E-state index is 13.4. The number of alkyl halides is 2. The number of rotatable bonds is 7. The monoisotopic (exact) mass is 566 g/mol. The normalized spacial score (nSPS) is 22.3. The number of hydrogen-bond acceptors (Lipinski definition) is 9. The lowest BCUT2D eigenvalue weighted by atomic mass is 10.1. The number of hydrogen-bond donors (Lipinski definition) is 1. The topological polar surface area (TPSA) is 126 Å². The lowest BCUT2D eigenvalue weighted by Crippen LogP contribution is -2.55. The Hall–Kier alpha value is -2.78. The first-order valence-corrected chi connectivity index (χ1v) is 14.8. The minimum absolute atomic E-state index is 0.00410. The van der Waals surface area contributed by atoms with Gasteiger partial charge in [-0.05, 0) is 45.6 Å². The van der Waals surface area contributed by atoms with Gasteiger partial charge in [0, 0.05) is 42.8 Å². The van der Waals surface area contributed by atoms with E-state index in [1.54, 1.807) is 6.07 Å². The molecule has 1 amide bonds. The molecule has 0 aromatic carbocycles. The highest BCUT2D eigenvalue weighted by atomic mass is 32.2. The number of carbonyl (C=O) groups excluding carboxylic acids is 1. The van der Waals surface area contributed by atoms with E-state index in [0.29, 0.717) is 42.3 Å². The number of anilines is 1. The first-order chi connectivity index (χ1) is 17.9. The van der Waals surface area contributed by atoms with Crippen LogP contribution in [0.25, 0.3) is 16.5 Å². The minimum atomic E-state index is -3.91. The van der Waals surface area contributed by atoms with Crippen LogP contribution >= 0.6 is 11.3 Å². The largest absolute Gasteiger partial charge is 0.365 e. The molecule has 0 bridgehead atoms. The SMILES string of the molecule is C[C@@H]1CN(c2cc(S(=O)(=O)NC3(C)CC3)cn3c(-c4nnc(C(F)F)s4)nnc23)CCN1C(=O)C1(C)CC1. The molecule has 1 atom stereocenters. The summed E-state index contributed by atoms with van der Waals surface area (Å²) in [6.45, 7) is 7.26. The summed E-state index contributed by atoms with van der Waals surface area (Å²) in [5.41, 5.74) is 0.131. The van der Waals surface area contributed by atoms with Crippen molar-refractivity contribution in [2.75, 3.05) is 24.5 Å². The number of nitrogens with zero attached hydrogens (tertiary/aromatic N) is 7. The second-order valence-corrected chi connectivity index (χ2v) is 13.7. The number of amides is 1. The van der Waals surface area contributed by atoms with E-state index in [1.165, 1.54) is 10.6 Å². The summed E-state index contributed by atoms with van der Waals surface area (Å²) < 4.78 is 57.4. The van der Waals surface area contributed by atoms with E-state index < -0.39 is 27.0 Å². The van der Waals surface area contributed by atoms with Gasteiger partial charge in [-0.15, -0.1) is 20.4 Å². The van der Waals surface area contributed by atoms with Crippen LogP contribution in [0.1, 0.15) is 57.9 Å². The van der Waals surface area contributed by atoms with E-state index in [2.05, 4.69) is 25.1 Å². The van der Waals surface area contributed by atoms with Gasteiger partial charge in [0.1, 0.15) is 4.90 Å². The van der Waals surface area contributed by atoms with Crippen molar-refractivity contribution in [2.24, 2.45) is 5.41 Å². The van der Waals surface area contributed by atoms with Gasteiger partial charge >= 0.3 is 0 Å². The number of fused-ring (bicyclic) bond motifs is 1. The average Bonchev–Trinajstić information content (AvgIpc) is 3.63. The Balaban J connectivity index is 1.41. The molecule has 3 fully saturated rings. The molecule has 1 aliphatic heterocycles. The fourth-order valence-corrected chi connectivity index (χ4v) is 6.95.